The van der Waals surface area contributed by atoms with Crippen LogP contribution in [0.25, 0.3) is 0 Å². The minimum Gasteiger partial charge on any atom is -0.306 e. The second kappa shape index (κ2) is 6.78. The molecule has 0 saturated carbocycles. The second-order valence-corrected chi connectivity index (χ2v) is 5.60. The predicted molar refractivity (Wildman–Crippen MR) is 82.5 cm³/mol. The SMILES string of the molecule is CC(NCc1cc(F)ccc1[N+](=O)[O-])c1ccc(Br)cc1. The molecule has 2 rings (SSSR count). The van der Waals surface area contributed by atoms with Gasteiger partial charge in [-0.3, -0.25) is 10.1 Å². The average molecular weight is 353 g/mol. The summed E-state index contributed by atoms with van der Waals surface area (Å²) in [6, 6.07) is 11.3. The number of hydrogen-bond acceptors (Lipinski definition) is 3. The van der Waals surface area contributed by atoms with E-state index in [2.05, 4.69) is 21.2 Å². The van der Waals surface area contributed by atoms with E-state index in [1.54, 1.807) is 0 Å². The summed E-state index contributed by atoms with van der Waals surface area (Å²) in [5.74, 6) is -0.478. The van der Waals surface area contributed by atoms with E-state index in [4.69, 9.17) is 0 Å². The molecule has 21 heavy (non-hydrogen) atoms. The lowest BCUT2D eigenvalue weighted by molar-refractivity contribution is -0.385. The molecule has 1 N–H and O–H groups in total. The molecule has 0 bridgehead atoms. The molecule has 0 saturated heterocycles. The van der Waals surface area contributed by atoms with Crippen molar-refractivity contribution in [3.05, 3.63) is 74.0 Å². The fraction of sp³-hybridized carbons (Fsp3) is 0.200. The van der Waals surface area contributed by atoms with Crippen molar-refractivity contribution in [1.82, 2.24) is 5.32 Å². The number of rotatable bonds is 5. The lowest BCUT2D eigenvalue weighted by atomic mass is 10.1. The minimum absolute atomic E-state index is 0.000899. The highest BCUT2D eigenvalue weighted by atomic mass is 79.9. The highest BCUT2D eigenvalue weighted by molar-refractivity contribution is 9.10. The molecule has 4 nitrogen and oxygen atoms in total. The van der Waals surface area contributed by atoms with E-state index in [-0.39, 0.29) is 18.3 Å². The van der Waals surface area contributed by atoms with Crippen molar-refractivity contribution in [3.63, 3.8) is 0 Å². The fourth-order valence-electron chi connectivity index (χ4n) is 2.01. The largest absolute Gasteiger partial charge is 0.306 e. The van der Waals surface area contributed by atoms with Crippen LogP contribution < -0.4 is 5.32 Å². The Kier molecular flexibility index (Phi) is 5.03. The Balaban J connectivity index is 2.10. The lowest BCUT2D eigenvalue weighted by Gasteiger charge is -2.14. The Morgan fingerprint density at radius 1 is 1.29 bits per heavy atom. The number of benzene rings is 2. The zero-order chi connectivity index (χ0) is 15.4. The van der Waals surface area contributed by atoms with Crippen molar-refractivity contribution in [2.75, 3.05) is 0 Å². The van der Waals surface area contributed by atoms with Crippen LogP contribution in [0.3, 0.4) is 0 Å². The predicted octanol–water partition coefficient (Wildman–Crippen LogP) is 4.35. The summed E-state index contributed by atoms with van der Waals surface area (Å²) in [5, 5.41) is 14.1. The standard InChI is InChI=1S/C15H14BrFN2O2/c1-10(11-2-4-13(16)5-3-11)18-9-12-8-14(17)6-7-15(12)19(20)21/h2-8,10,18H,9H2,1H3. The molecule has 110 valence electrons. The molecule has 6 heteroatoms. The van der Waals surface area contributed by atoms with Gasteiger partial charge >= 0.3 is 0 Å². The van der Waals surface area contributed by atoms with Crippen molar-refractivity contribution >= 4 is 21.6 Å². The third-order valence-corrected chi connectivity index (χ3v) is 3.74. The number of nitro groups is 1. The van der Waals surface area contributed by atoms with Gasteiger partial charge in [-0.2, -0.15) is 0 Å². The van der Waals surface area contributed by atoms with E-state index in [0.29, 0.717) is 5.56 Å². The van der Waals surface area contributed by atoms with Gasteiger partial charge in [0.25, 0.3) is 5.69 Å². The van der Waals surface area contributed by atoms with Crippen molar-refractivity contribution in [3.8, 4) is 0 Å². The zero-order valence-electron chi connectivity index (χ0n) is 11.3. The van der Waals surface area contributed by atoms with Crippen LogP contribution in [0.15, 0.2) is 46.9 Å². The number of hydrogen-bond donors (Lipinski definition) is 1. The maximum absolute atomic E-state index is 13.2. The molecule has 0 aliphatic heterocycles. The number of nitrogens with zero attached hydrogens (tertiary/aromatic N) is 1. The normalized spacial score (nSPS) is 12.1. The van der Waals surface area contributed by atoms with Crippen LogP contribution in [0, 0.1) is 15.9 Å². The number of halogens is 2. The molecule has 0 fully saturated rings. The molecular weight excluding hydrogens is 339 g/mol. The van der Waals surface area contributed by atoms with Crippen LogP contribution in [0.1, 0.15) is 24.1 Å². The van der Waals surface area contributed by atoms with Crippen LogP contribution in [0.2, 0.25) is 0 Å². The molecule has 0 aromatic heterocycles. The van der Waals surface area contributed by atoms with Crippen LogP contribution in [-0.2, 0) is 6.54 Å². The summed E-state index contributed by atoms with van der Waals surface area (Å²) in [5.41, 5.74) is 1.31. The molecule has 1 unspecified atom stereocenters. The molecular formula is C15H14BrFN2O2. The molecule has 0 aliphatic rings. The zero-order valence-corrected chi connectivity index (χ0v) is 12.9. The van der Waals surface area contributed by atoms with E-state index in [0.717, 1.165) is 16.1 Å². The molecule has 2 aromatic rings. The minimum atomic E-state index is -0.499. The molecule has 0 amide bonds. The van der Waals surface area contributed by atoms with Gasteiger partial charge in [0, 0.05) is 28.7 Å². The molecule has 0 spiro atoms. The third kappa shape index (κ3) is 4.09. The number of nitrogens with one attached hydrogen (secondary N) is 1. The van der Waals surface area contributed by atoms with E-state index in [1.807, 2.05) is 31.2 Å². The maximum Gasteiger partial charge on any atom is 0.274 e. The van der Waals surface area contributed by atoms with Crippen LogP contribution in [-0.4, -0.2) is 4.92 Å². The van der Waals surface area contributed by atoms with Gasteiger partial charge in [0.2, 0.25) is 0 Å². The first-order valence-electron chi connectivity index (χ1n) is 6.39. The summed E-state index contributed by atoms with van der Waals surface area (Å²) in [6.07, 6.45) is 0. The average Bonchev–Trinajstić information content (AvgIpc) is 2.45. The van der Waals surface area contributed by atoms with Gasteiger partial charge in [0.15, 0.2) is 0 Å². The smallest absolute Gasteiger partial charge is 0.274 e. The van der Waals surface area contributed by atoms with E-state index >= 15 is 0 Å². The maximum atomic E-state index is 13.2. The topological polar surface area (TPSA) is 55.2 Å². The Morgan fingerprint density at radius 3 is 2.57 bits per heavy atom. The van der Waals surface area contributed by atoms with Gasteiger partial charge in [0.05, 0.1) is 4.92 Å². The summed E-state index contributed by atoms with van der Waals surface area (Å²) in [6.45, 7) is 2.18. The first-order chi connectivity index (χ1) is 9.97. The van der Waals surface area contributed by atoms with Crippen molar-refractivity contribution in [2.45, 2.75) is 19.5 Å². The Hall–Kier alpha value is -1.79. The Bertz CT molecular complexity index is 647. The van der Waals surface area contributed by atoms with Crippen LogP contribution >= 0.6 is 15.9 Å². The highest BCUT2D eigenvalue weighted by Crippen LogP contribution is 2.21. The van der Waals surface area contributed by atoms with Gasteiger partial charge in [-0.15, -0.1) is 0 Å². The first kappa shape index (κ1) is 15.6. The molecule has 0 radical (unpaired) electrons. The fourth-order valence-corrected chi connectivity index (χ4v) is 2.27. The Labute approximate surface area is 130 Å². The van der Waals surface area contributed by atoms with Crippen molar-refractivity contribution in [2.24, 2.45) is 0 Å². The van der Waals surface area contributed by atoms with Gasteiger partial charge in [-0.25, -0.2) is 4.39 Å². The molecule has 0 aliphatic carbocycles. The quantitative estimate of drug-likeness (QED) is 0.642. The van der Waals surface area contributed by atoms with Crippen molar-refractivity contribution in [1.29, 1.82) is 0 Å². The van der Waals surface area contributed by atoms with Crippen LogP contribution in [0.5, 0.6) is 0 Å². The van der Waals surface area contributed by atoms with E-state index in [1.165, 1.54) is 12.1 Å². The van der Waals surface area contributed by atoms with E-state index < -0.39 is 10.7 Å². The van der Waals surface area contributed by atoms with Gasteiger partial charge in [-0.05, 0) is 36.8 Å². The third-order valence-electron chi connectivity index (χ3n) is 3.21. The summed E-state index contributed by atoms with van der Waals surface area (Å²) in [7, 11) is 0. The molecule has 1 atom stereocenters. The van der Waals surface area contributed by atoms with Gasteiger partial charge in [0.1, 0.15) is 5.82 Å². The monoisotopic (exact) mass is 352 g/mol. The first-order valence-corrected chi connectivity index (χ1v) is 7.18. The van der Waals surface area contributed by atoms with Gasteiger partial charge < -0.3 is 5.32 Å². The van der Waals surface area contributed by atoms with Crippen molar-refractivity contribution < 1.29 is 9.31 Å². The second-order valence-electron chi connectivity index (χ2n) is 4.68. The summed E-state index contributed by atoms with van der Waals surface area (Å²) >= 11 is 3.37. The Morgan fingerprint density at radius 2 is 1.95 bits per heavy atom. The molecule has 2 aromatic carbocycles. The molecule has 0 heterocycles. The van der Waals surface area contributed by atoms with E-state index in [9.17, 15) is 14.5 Å². The number of nitro benzene ring substituents is 1. The lowest BCUT2D eigenvalue weighted by Crippen LogP contribution is -2.18. The summed E-state index contributed by atoms with van der Waals surface area (Å²) < 4.78 is 14.2. The highest BCUT2D eigenvalue weighted by Gasteiger charge is 2.15. The van der Waals surface area contributed by atoms with Crippen LogP contribution in [0.4, 0.5) is 10.1 Å². The van der Waals surface area contributed by atoms with Gasteiger partial charge in [-0.1, -0.05) is 28.1 Å². The summed E-state index contributed by atoms with van der Waals surface area (Å²) in [4.78, 5) is 10.4.